The second kappa shape index (κ2) is 8.49. The van der Waals surface area contributed by atoms with Crippen molar-refractivity contribution >= 4 is 29.3 Å². The Labute approximate surface area is 165 Å². The summed E-state index contributed by atoms with van der Waals surface area (Å²) in [4.78, 5) is 14.2. The summed E-state index contributed by atoms with van der Waals surface area (Å²) in [5.41, 5.74) is 1.48. The number of rotatable bonds is 6. The molecule has 27 heavy (non-hydrogen) atoms. The summed E-state index contributed by atoms with van der Waals surface area (Å²) in [6.07, 6.45) is 0. The molecule has 0 spiro atoms. The average molecular weight is 406 g/mol. The Morgan fingerprint density at radius 2 is 2.04 bits per heavy atom. The number of benzene rings is 2. The third-order valence-corrected chi connectivity index (χ3v) is 5.10. The fourth-order valence-electron chi connectivity index (χ4n) is 2.50. The Bertz CT molecular complexity index is 934. The minimum Gasteiger partial charge on any atom is -0.340 e. The average Bonchev–Trinajstić information content (AvgIpc) is 3.09. The first-order valence-electron chi connectivity index (χ1n) is 8.14. The molecule has 0 bridgehead atoms. The number of thioether (sulfide) groups is 1. The van der Waals surface area contributed by atoms with E-state index in [9.17, 15) is 9.18 Å². The van der Waals surface area contributed by atoms with Gasteiger partial charge in [0.25, 0.3) is 0 Å². The molecule has 0 saturated carbocycles. The third kappa shape index (κ3) is 4.84. The van der Waals surface area contributed by atoms with Gasteiger partial charge in [-0.1, -0.05) is 35.5 Å². The third-order valence-electron chi connectivity index (χ3n) is 3.83. The van der Waals surface area contributed by atoms with E-state index in [2.05, 4.69) is 15.5 Å². The molecule has 1 heterocycles. The zero-order valence-corrected chi connectivity index (χ0v) is 16.3. The summed E-state index contributed by atoms with van der Waals surface area (Å²) in [7, 11) is 1.69. The Balaban J connectivity index is 1.68. The van der Waals surface area contributed by atoms with Crippen molar-refractivity contribution in [1.82, 2.24) is 25.1 Å². The van der Waals surface area contributed by atoms with Crippen LogP contribution in [-0.4, -0.2) is 43.3 Å². The number of carbonyl (C=O) groups is 1. The lowest BCUT2D eigenvalue weighted by Gasteiger charge is -2.21. The molecule has 1 aromatic heterocycles. The first kappa shape index (κ1) is 19.3. The highest BCUT2D eigenvalue weighted by Crippen LogP contribution is 2.25. The lowest BCUT2D eigenvalue weighted by atomic mass is 10.2. The highest BCUT2D eigenvalue weighted by Gasteiger charge is 2.22. The Morgan fingerprint density at radius 3 is 2.74 bits per heavy atom. The van der Waals surface area contributed by atoms with E-state index in [1.807, 2.05) is 0 Å². The second-order valence-electron chi connectivity index (χ2n) is 5.93. The van der Waals surface area contributed by atoms with E-state index < -0.39 is 5.25 Å². The zero-order chi connectivity index (χ0) is 19.4. The maximum atomic E-state index is 13.3. The molecule has 2 aromatic carbocycles. The number of halogens is 2. The van der Waals surface area contributed by atoms with Gasteiger partial charge in [-0.25, -0.2) is 4.39 Å². The van der Waals surface area contributed by atoms with Crippen LogP contribution in [-0.2, 0) is 11.3 Å². The summed E-state index contributed by atoms with van der Waals surface area (Å²) in [5, 5.41) is 12.4. The van der Waals surface area contributed by atoms with Crippen LogP contribution in [0.3, 0.4) is 0 Å². The Kier molecular flexibility index (Phi) is 6.08. The maximum absolute atomic E-state index is 13.3. The van der Waals surface area contributed by atoms with Crippen molar-refractivity contribution in [2.45, 2.75) is 23.9 Å². The topological polar surface area (TPSA) is 63.9 Å². The first-order valence-corrected chi connectivity index (χ1v) is 9.40. The molecule has 0 aliphatic rings. The van der Waals surface area contributed by atoms with Crippen molar-refractivity contribution in [3.63, 3.8) is 0 Å². The molecule has 6 nitrogen and oxygen atoms in total. The normalized spacial score (nSPS) is 12.0. The molecule has 0 aliphatic carbocycles. The number of nitrogens with zero attached hydrogens (tertiary/aromatic N) is 5. The molecular weight excluding hydrogens is 389 g/mol. The summed E-state index contributed by atoms with van der Waals surface area (Å²) >= 11 is 7.16. The fourth-order valence-corrected chi connectivity index (χ4v) is 3.55. The van der Waals surface area contributed by atoms with Crippen molar-refractivity contribution in [2.24, 2.45) is 0 Å². The predicted molar refractivity (Wildman–Crippen MR) is 102 cm³/mol. The van der Waals surface area contributed by atoms with Crippen LogP contribution >= 0.6 is 23.4 Å². The SMILES string of the molecule is C[C@@H](Sc1nnnn1-c1ccc(Cl)cc1)C(=O)N(C)Cc1cccc(F)c1. The molecule has 0 radical (unpaired) electrons. The van der Waals surface area contributed by atoms with Crippen molar-refractivity contribution in [1.29, 1.82) is 0 Å². The van der Waals surface area contributed by atoms with Gasteiger partial charge in [-0.2, -0.15) is 4.68 Å². The quantitative estimate of drug-likeness (QED) is 0.586. The number of amides is 1. The smallest absolute Gasteiger partial charge is 0.235 e. The minimum atomic E-state index is -0.416. The van der Waals surface area contributed by atoms with Gasteiger partial charge in [0.15, 0.2) is 0 Å². The van der Waals surface area contributed by atoms with Crippen LogP contribution in [0.4, 0.5) is 4.39 Å². The van der Waals surface area contributed by atoms with Crippen LogP contribution in [0.1, 0.15) is 12.5 Å². The van der Waals surface area contributed by atoms with Crippen LogP contribution in [0.25, 0.3) is 5.69 Å². The summed E-state index contributed by atoms with van der Waals surface area (Å²) in [5.74, 6) is -0.423. The Hall–Kier alpha value is -2.45. The summed E-state index contributed by atoms with van der Waals surface area (Å²) in [6, 6.07) is 13.3. The largest absolute Gasteiger partial charge is 0.340 e. The van der Waals surface area contributed by atoms with Gasteiger partial charge in [-0.15, -0.1) is 5.10 Å². The van der Waals surface area contributed by atoms with Crippen LogP contribution in [0, 0.1) is 5.82 Å². The molecule has 1 atom stereocenters. The van der Waals surface area contributed by atoms with Crippen LogP contribution in [0.15, 0.2) is 53.7 Å². The van der Waals surface area contributed by atoms with Crippen molar-refractivity contribution in [3.8, 4) is 5.69 Å². The number of aromatic nitrogens is 4. The van der Waals surface area contributed by atoms with E-state index in [0.717, 1.165) is 11.3 Å². The van der Waals surface area contributed by atoms with E-state index in [-0.39, 0.29) is 11.7 Å². The van der Waals surface area contributed by atoms with Gasteiger partial charge in [-0.05, 0) is 59.3 Å². The van der Waals surface area contributed by atoms with Crippen LogP contribution < -0.4 is 0 Å². The van der Waals surface area contributed by atoms with Crippen LogP contribution in [0.2, 0.25) is 5.02 Å². The van der Waals surface area contributed by atoms with E-state index in [1.165, 1.54) is 23.9 Å². The zero-order valence-electron chi connectivity index (χ0n) is 14.7. The molecule has 1 amide bonds. The summed E-state index contributed by atoms with van der Waals surface area (Å²) < 4.78 is 14.9. The summed E-state index contributed by atoms with van der Waals surface area (Å²) in [6.45, 7) is 2.11. The molecule has 0 fully saturated rings. The highest BCUT2D eigenvalue weighted by atomic mass is 35.5. The molecule has 0 aliphatic heterocycles. The molecule has 3 rings (SSSR count). The van der Waals surface area contributed by atoms with Gasteiger partial charge in [0.2, 0.25) is 11.1 Å². The number of tetrazole rings is 1. The standard InChI is InChI=1S/C18H17ClFN5OS/c1-12(17(26)24(2)11-13-4-3-5-15(20)10-13)27-18-21-22-23-25(18)16-8-6-14(19)7-9-16/h3-10,12H,11H2,1-2H3/t12-/m1/s1. The van der Waals surface area contributed by atoms with Crippen molar-refractivity contribution < 1.29 is 9.18 Å². The van der Waals surface area contributed by atoms with E-state index in [0.29, 0.717) is 16.7 Å². The molecule has 0 saturated heterocycles. The molecule has 9 heteroatoms. The van der Waals surface area contributed by atoms with E-state index in [1.54, 1.807) is 60.0 Å². The monoisotopic (exact) mass is 405 g/mol. The number of hydrogen-bond acceptors (Lipinski definition) is 5. The van der Waals surface area contributed by atoms with E-state index in [4.69, 9.17) is 11.6 Å². The van der Waals surface area contributed by atoms with Crippen molar-refractivity contribution in [2.75, 3.05) is 7.05 Å². The fraction of sp³-hybridized carbons (Fsp3) is 0.222. The second-order valence-corrected chi connectivity index (χ2v) is 7.68. The molecule has 0 unspecified atom stereocenters. The maximum Gasteiger partial charge on any atom is 0.235 e. The van der Waals surface area contributed by atoms with Crippen molar-refractivity contribution in [3.05, 3.63) is 64.9 Å². The van der Waals surface area contributed by atoms with Crippen LogP contribution in [0.5, 0.6) is 0 Å². The number of hydrogen-bond donors (Lipinski definition) is 0. The van der Waals surface area contributed by atoms with E-state index >= 15 is 0 Å². The predicted octanol–water partition coefficient (Wildman–Crippen LogP) is 3.59. The van der Waals surface area contributed by atoms with Gasteiger partial charge in [0.05, 0.1) is 10.9 Å². The van der Waals surface area contributed by atoms with Gasteiger partial charge < -0.3 is 4.90 Å². The van der Waals surface area contributed by atoms with Gasteiger partial charge in [0.1, 0.15) is 5.82 Å². The molecular formula is C18H17ClFN5OS. The van der Waals surface area contributed by atoms with Gasteiger partial charge >= 0.3 is 0 Å². The molecule has 140 valence electrons. The molecule has 3 aromatic rings. The lowest BCUT2D eigenvalue weighted by molar-refractivity contribution is -0.129. The first-order chi connectivity index (χ1) is 12.9. The minimum absolute atomic E-state index is 0.102. The van der Waals surface area contributed by atoms with Gasteiger partial charge in [-0.3, -0.25) is 4.79 Å². The Morgan fingerprint density at radius 1 is 1.30 bits per heavy atom. The lowest BCUT2D eigenvalue weighted by Crippen LogP contribution is -2.33. The number of carbonyl (C=O) groups excluding carboxylic acids is 1. The molecule has 0 N–H and O–H groups in total. The van der Waals surface area contributed by atoms with Gasteiger partial charge in [0, 0.05) is 18.6 Å². The highest BCUT2D eigenvalue weighted by molar-refractivity contribution is 8.00.